The first-order valence-electron chi connectivity index (χ1n) is 9.19. The predicted octanol–water partition coefficient (Wildman–Crippen LogP) is 2.30. The first kappa shape index (κ1) is 31.6. The van der Waals surface area contributed by atoms with Gasteiger partial charge in [0.15, 0.2) is 23.8 Å². The second kappa shape index (κ2) is 15.6. The number of hydrogen-bond donors (Lipinski definition) is 2. The fourth-order valence-corrected chi connectivity index (χ4v) is 9.90. The molecule has 1 saturated heterocycles. The lowest BCUT2D eigenvalue weighted by molar-refractivity contribution is -0.144. The van der Waals surface area contributed by atoms with Gasteiger partial charge in [-0.25, -0.2) is 4.79 Å². The van der Waals surface area contributed by atoms with E-state index in [2.05, 4.69) is 55.3 Å². The van der Waals surface area contributed by atoms with Crippen molar-refractivity contribution in [2.75, 3.05) is 6.61 Å². The maximum absolute atomic E-state index is 12.9. The minimum atomic E-state index is -1.08. The zero-order valence-corrected chi connectivity index (χ0v) is 27.0. The number of epoxide rings is 1. The van der Waals surface area contributed by atoms with Crippen molar-refractivity contribution in [2.45, 2.75) is 49.7 Å². The molecule has 1 aliphatic rings. The Kier molecular flexibility index (Phi) is 15.4. The molecule has 182 valence electrons. The van der Waals surface area contributed by atoms with E-state index in [0.29, 0.717) is 7.96 Å². The van der Waals surface area contributed by atoms with Crippen molar-refractivity contribution in [2.24, 2.45) is 0 Å². The lowest BCUT2D eigenvalue weighted by atomic mass is 10.1. The van der Waals surface area contributed by atoms with E-state index in [1.807, 2.05) is 0 Å². The molecule has 0 bridgehead atoms. The summed E-state index contributed by atoms with van der Waals surface area (Å²) in [6.45, 7) is 3.27. The highest BCUT2D eigenvalue weighted by atomic mass is 32.6. The van der Waals surface area contributed by atoms with E-state index in [1.54, 1.807) is 6.92 Å². The molecular formula is C14H29N2O7P9. The van der Waals surface area contributed by atoms with Crippen LogP contribution in [0.5, 0.6) is 0 Å². The Morgan fingerprint density at radius 3 is 2.09 bits per heavy atom. The fourth-order valence-electron chi connectivity index (χ4n) is 2.47. The van der Waals surface area contributed by atoms with Crippen molar-refractivity contribution in [3.8, 4) is 0 Å². The molecule has 2 amide bonds. The van der Waals surface area contributed by atoms with E-state index in [0.717, 1.165) is 0 Å². The minimum Gasteiger partial charge on any atom is -0.464 e. The molecule has 9 nitrogen and oxygen atoms in total. The van der Waals surface area contributed by atoms with Gasteiger partial charge in [0.1, 0.15) is 11.6 Å². The van der Waals surface area contributed by atoms with Crippen LogP contribution in [0.25, 0.3) is 0 Å². The van der Waals surface area contributed by atoms with Gasteiger partial charge in [0.25, 0.3) is 0 Å². The zero-order valence-electron chi connectivity index (χ0n) is 17.4. The molecule has 13 atom stereocenters. The average Bonchev–Trinajstić information content (AvgIpc) is 3.53. The van der Waals surface area contributed by atoms with Gasteiger partial charge in [-0.05, 0) is 28.4 Å². The van der Waals surface area contributed by atoms with Crippen molar-refractivity contribution in [1.29, 1.82) is 0 Å². The molecule has 1 fully saturated rings. The van der Waals surface area contributed by atoms with Crippen LogP contribution in [-0.2, 0) is 33.4 Å². The first-order valence-corrected chi connectivity index (χ1v) is 23.4. The molecular weight excluding hydrogens is 587 g/mol. The van der Waals surface area contributed by atoms with E-state index in [9.17, 15) is 24.0 Å². The number of amides is 2. The van der Waals surface area contributed by atoms with E-state index in [1.165, 1.54) is 6.92 Å². The molecule has 0 aromatic rings. The highest BCUT2D eigenvalue weighted by Gasteiger charge is 2.51. The molecule has 0 saturated carbocycles. The van der Waals surface area contributed by atoms with E-state index >= 15 is 0 Å². The quantitative estimate of drug-likeness (QED) is 0.174. The molecule has 0 spiro atoms. The zero-order chi connectivity index (χ0) is 24.6. The maximum Gasteiger partial charge on any atom is 0.338 e. The largest absolute Gasteiger partial charge is 0.464 e. The van der Waals surface area contributed by atoms with Crippen LogP contribution in [-0.4, -0.2) is 65.4 Å². The van der Waals surface area contributed by atoms with Gasteiger partial charge in [0, 0.05) is 6.42 Å². The van der Waals surface area contributed by atoms with E-state index < -0.39 is 61.8 Å². The summed E-state index contributed by atoms with van der Waals surface area (Å²) in [4.78, 5) is 61.8. The maximum atomic E-state index is 12.9. The molecule has 1 aliphatic heterocycles. The normalized spacial score (nSPS) is 21.9. The number of ether oxygens (including phenoxy) is 2. The van der Waals surface area contributed by atoms with Crippen molar-refractivity contribution < 1.29 is 33.4 Å². The minimum absolute atomic E-state index is 0.0222. The standard InChI is InChI=1S/C14H29N2O7P9/c1-3-22-14(21)9-8(23-9)6(18)4-7(29-24)10(19)15-13(31(26)27)11(20)16-12(5(2)17)32(28)30-25/h7-9,12-13,29-30H,3-4,24-28H2,1-2H3,(H,15,19)(H,16,20)/t7?,8?,9-,12-,13-,32?/m0/s1. The van der Waals surface area contributed by atoms with Crippen LogP contribution in [0, 0.1) is 0 Å². The van der Waals surface area contributed by atoms with Crippen molar-refractivity contribution >= 4 is 105 Å². The highest BCUT2D eigenvalue weighted by molar-refractivity contribution is 8.61. The van der Waals surface area contributed by atoms with Crippen molar-refractivity contribution in [1.82, 2.24) is 10.6 Å². The molecule has 18 heteroatoms. The van der Waals surface area contributed by atoms with Gasteiger partial charge in [-0.3, -0.25) is 19.2 Å². The molecule has 1 heterocycles. The van der Waals surface area contributed by atoms with Gasteiger partial charge in [0.05, 0.1) is 12.3 Å². The summed E-state index contributed by atoms with van der Waals surface area (Å²) >= 11 is 0. The molecule has 0 aromatic carbocycles. The van der Waals surface area contributed by atoms with Crippen LogP contribution in [0.3, 0.4) is 0 Å². The molecule has 32 heavy (non-hydrogen) atoms. The summed E-state index contributed by atoms with van der Waals surface area (Å²) in [6.07, 6.45) is -1.92. The molecule has 1 rings (SSSR count). The van der Waals surface area contributed by atoms with Gasteiger partial charge in [0.2, 0.25) is 11.8 Å². The summed E-state index contributed by atoms with van der Waals surface area (Å²) in [5, 5.41) is 5.48. The average molecular weight is 616 g/mol. The molecule has 0 radical (unpaired) electrons. The number of ketones is 2. The molecule has 10 unspecified atom stereocenters. The third kappa shape index (κ3) is 9.91. The summed E-state index contributed by atoms with van der Waals surface area (Å²) in [7, 11) is 11.2. The molecule has 2 N–H and O–H groups in total. The Morgan fingerprint density at radius 2 is 1.62 bits per heavy atom. The molecule has 0 aliphatic carbocycles. The van der Waals surface area contributed by atoms with Crippen LogP contribution in [0.4, 0.5) is 0 Å². The lowest BCUT2D eigenvalue weighted by Crippen LogP contribution is -2.50. The Morgan fingerprint density at radius 1 is 1.03 bits per heavy atom. The van der Waals surface area contributed by atoms with Gasteiger partial charge >= 0.3 is 5.97 Å². The predicted molar refractivity (Wildman–Crippen MR) is 152 cm³/mol. The number of Topliss-reactive ketones (excluding diaryl/α,β-unsaturated/α-hetero) is 2. The van der Waals surface area contributed by atoms with Crippen LogP contribution < -0.4 is 10.6 Å². The SMILES string of the molecule is CCOC(=O)[C@H]1OC1C(=O)CC(PP)C(=O)N[C@H](C(=O)N[C@H](C(C)=O)P(P)PP)P(P)P. The third-order valence-corrected chi connectivity index (χ3v) is 19.6. The van der Waals surface area contributed by atoms with E-state index in [4.69, 9.17) is 9.47 Å². The summed E-state index contributed by atoms with van der Waals surface area (Å²) in [6, 6.07) is 0. The second-order valence-corrected chi connectivity index (χ2v) is 24.8. The third-order valence-electron chi connectivity index (χ3n) is 4.17. The number of rotatable bonds is 14. The Balaban J connectivity index is 2.76. The molecule has 0 aromatic heterocycles. The Bertz CT molecular complexity index is 729. The summed E-state index contributed by atoms with van der Waals surface area (Å²) in [5.41, 5.74) is -0.684. The number of nitrogens with one attached hydrogen (secondary N) is 2. The number of carbonyl (C=O) groups excluding carboxylic acids is 5. The lowest BCUT2D eigenvalue weighted by Gasteiger charge is -2.28. The first-order chi connectivity index (χ1) is 15.0. The highest BCUT2D eigenvalue weighted by Crippen LogP contribution is 2.68. The number of esters is 1. The van der Waals surface area contributed by atoms with Gasteiger partial charge in [-0.1, -0.05) is 16.2 Å². The monoisotopic (exact) mass is 616 g/mol. The van der Waals surface area contributed by atoms with E-state index in [-0.39, 0.29) is 32.9 Å². The van der Waals surface area contributed by atoms with Gasteiger partial charge in [-0.2, -0.15) is 0 Å². The van der Waals surface area contributed by atoms with Crippen LogP contribution in [0.15, 0.2) is 0 Å². The fraction of sp³-hybridized carbons (Fsp3) is 0.643. The van der Waals surface area contributed by atoms with Crippen molar-refractivity contribution in [3.63, 3.8) is 0 Å². The Labute approximate surface area is 204 Å². The summed E-state index contributed by atoms with van der Waals surface area (Å²) < 4.78 is 9.95. The smallest absolute Gasteiger partial charge is 0.338 e. The topological polar surface area (TPSA) is 131 Å². The van der Waals surface area contributed by atoms with Crippen LogP contribution in [0.1, 0.15) is 20.3 Å². The number of hydrogen-bond acceptors (Lipinski definition) is 7. The van der Waals surface area contributed by atoms with Crippen molar-refractivity contribution in [3.05, 3.63) is 0 Å². The van der Waals surface area contributed by atoms with Crippen LogP contribution in [0.2, 0.25) is 0 Å². The second-order valence-electron chi connectivity index (χ2n) is 6.54. The number of carbonyl (C=O) groups is 5. The van der Waals surface area contributed by atoms with Gasteiger partial charge in [-0.15, -0.1) is 44.6 Å². The van der Waals surface area contributed by atoms with Gasteiger partial charge < -0.3 is 20.1 Å². The summed E-state index contributed by atoms with van der Waals surface area (Å²) in [5.74, 6) is -3.46. The Hall–Kier alpha value is 1.58. The van der Waals surface area contributed by atoms with Crippen LogP contribution >= 0.6 is 75.5 Å².